The maximum atomic E-state index is 10.6. The van der Waals surface area contributed by atoms with Crippen LogP contribution in [0.2, 0.25) is 0 Å². The van der Waals surface area contributed by atoms with Crippen LogP contribution in [0.1, 0.15) is 30.7 Å². The Morgan fingerprint density at radius 3 is 2.82 bits per heavy atom. The Morgan fingerprint density at radius 1 is 1.59 bits per heavy atom. The number of nitrogens with zero attached hydrogens (tertiary/aromatic N) is 2. The van der Waals surface area contributed by atoms with Crippen molar-refractivity contribution in [1.82, 2.24) is 9.88 Å². The van der Waals surface area contributed by atoms with Crippen molar-refractivity contribution in [3.05, 3.63) is 17.8 Å². The molecule has 0 saturated carbocycles. The van der Waals surface area contributed by atoms with Gasteiger partial charge in [-0.1, -0.05) is 0 Å². The van der Waals surface area contributed by atoms with E-state index in [0.717, 1.165) is 43.9 Å². The van der Waals surface area contributed by atoms with Crippen LogP contribution < -0.4 is 0 Å². The van der Waals surface area contributed by atoms with Crippen LogP contribution in [-0.4, -0.2) is 34.0 Å². The number of carbonyl (C=O) groups is 1. The second-order valence-corrected chi connectivity index (χ2v) is 4.67. The lowest BCUT2D eigenvalue weighted by atomic mass is 9.93. The van der Waals surface area contributed by atoms with E-state index in [2.05, 4.69) is 9.88 Å². The van der Waals surface area contributed by atoms with E-state index in [1.54, 1.807) is 0 Å². The van der Waals surface area contributed by atoms with Crippen LogP contribution in [0.5, 0.6) is 0 Å². The monoisotopic (exact) mass is 238 g/mol. The van der Waals surface area contributed by atoms with Gasteiger partial charge in [-0.05, 0) is 38.8 Å². The molecule has 0 spiro atoms. The summed E-state index contributed by atoms with van der Waals surface area (Å²) < 4.78 is 5.16. The molecule has 0 aliphatic carbocycles. The fraction of sp³-hybridized carbons (Fsp3) is 0.667. The molecule has 0 amide bonds. The Bertz CT molecular complexity index is 381. The average Bonchev–Trinajstić information content (AvgIpc) is 2.67. The number of carboxylic acids is 1. The largest absolute Gasteiger partial charge is 0.481 e. The summed E-state index contributed by atoms with van der Waals surface area (Å²) in [4.78, 5) is 17.1. The first kappa shape index (κ1) is 12.1. The molecule has 5 heteroatoms. The molecule has 0 radical (unpaired) electrons. The van der Waals surface area contributed by atoms with E-state index in [0.29, 0.717) is 12.3 Å². The number of aliphatic carboxylic acids is 1. The molecule has 2 rings (SSSR count). The predicted octanol–water partition coefficient (Wildman–Crippen LogP) is 1.67. The van der Waals surface area contributed by atoms with Gasteiger partial charge in [0.25, 0.3) is 0 Å². The smallest absolute Gasteiger partial charge is 0.303 e. The number of rotatable bonds is 4. The van der Waals surface area contributed by atoms with E-state index in [-0.39, 0.29) is 0 Å². The molecule has 1 saturated heterocycles. The second-order valence-electron chi connectivity index (χ2n) is 4.67. The first-order chi connectivity index (χ1) is 8.15. The molecule has 0 bridgehead atoms. The first-order valence-corrected chi connectivity index (χ1v) is 5.98. The van der Waals surface area contributed by atoms with Gasteiger partial charge < -0.3 is 9.52 Å². The standard InChI is InChI=1S/C12H18N2O3/c1-9-11(13-8-17-9)7-14-4-2-10(3-5-14)6-12(15)16/h8,10H,2-7H2,1H3,(H,15,16). The van der Waals surface area contributed by atoms with E-state index in [1.807, 2.05) is 6.92 Å². The maximum Gasteiger partial charge on any atom is 0.303 e. The highest BCUT2D eigenvalue weighted by atomic mass is 16.4. The number of oxazole rings is 1. The minimum atomic E-state index is -0.684. The van der Waals surface area contributed by atoms with Crippen molar-refractivity contribution in [1.29, 1.82) is 0 Å². The third-order valence-corrected chi connectivity index (χ3v) is 3.39. The van der Waals surface area contributed by atoms with E-state index < -0.39 is 5.97 Å². The van der Waals surface area contributed by atoms with Gasteiger partial charge >= 0.3 is 5.97 Å². The lowest BCUT2D eigenvalue weighted by molar-refractivity contribution is -0.138. The van der Waals surface area contributed by atoms with Crippen molar-refractivity contribution in [2.45, 2.75) is 32.7 Å². The van der Waals surface area contributed by atoms with Gasteiger partial charge in [0.1, 0.15) is 5.76 Å². The summed E-state index contributed by atoms with van der Waals surface area (Å²) in [5.41, 5.74) is 0.988. The Morgan fingerprint density at radius 2 is 2.29 bits per heavy atom. The third-order valence-electron chi connectivity index (χ3n) is 3.39. The summed E-state index contributed by atoms with van der Waals surface area (Å²) in [5, 5.41) is 8.74. The molecule has 1 fully saturated rings. The van der Waals surface area contributed by atoms with Crippen molar-refractivity contribution in [3.63, 3.8) is 0 Å². The van der Waals surface area contributed by atoms with E-state index >= 15 is 0 Å². The fourth-order valence-corrected chi connectivity index (χ4v) is 2.29. The predicted molar refractivity (Wildman–Crippen MR) is 61.5 cm³/mol. The van der Waals surface area contributed by atoms with Crippen molar-refractivity contribution in [3.8, 4) is 0 Å². The Labute approximate surface area is 100 Å². The molecule has 5 nitrogen and oxygen atoms in total. The quantitative estimate of drug-likeness (QED) is 0.864. The molecular formula is C12H18N2O3. The zero-order valence-corrected chi connectivity index (χ0v) is 10.1. The van der Waals surface area contributed by atoms with Gasteiger partial charge in [0, 0.05) is 13.0 Å². The van der Waals surface area contributed by atoms with Gasteiger partial charge in [-0.2, -0.15) is 0 Å². The van der Waals surface area contributed by atoms with Gasteiger partial charge in [-0.3, -0.25) is 9.69 Å². The zero-order valence-electron chi connectivity index (χ0n) is 10.1. The van der Waals surface area contributed by atoms with E-state index in [4.69, 9.17) is 9.52 Å². The van der Waals surface area contributed by atoms with Gasteiger partial charge in [0.05, 0.1) is 5.69 Å². The summed E-state index contributed by atoms with van der Waals surface area (Å²) >= 11 is 0. The molecule has 1 N–H and O–H groups in total. The average molecular weight is 238 g/mol. The minimum Gasteiger partial charge on any atom is -0.481 e. The lowest BCUT2D eigenvalue weighted by Crippen LogP contribution is -2.34. The van der Waals surface area contributed by atoms with E-state index in [9.17, 15) is 4.79 Å². The summed E-state index contributed by atoms with van der Waals surface area (Å²) in [6, 6.07) is 0. The summed E-state index contributed by atoms with van der Waals surface area (Å²) in [7, 11) is 0. The first-order valence-electron chi connectivity index (χ1n) is 5.98. The van der Waals surface area contributed by atoms with Crippen molar-refractivity contribution < 1.29 is 14.3 Å². The molecule has 0 aromatic carbocycles. The van der Waals surface area contributed by atoms with E-state index in [1.165, 1.54) is 6.39 Å². The number of aromatic nitrogens is 1. The van der Waals surface area contributed by atoms with Crippen LogP contribution in [0.15, 0.2) is 10.8 Å². The SMILES string of the molecule is Cc1ocnc1CN1CCC(CC(=O)O)CC1. The summed E-state index contributed by atoms with van der Waals surface area (Å²) in [6.45, 7) is 4.62. The molecular weight excluding hydrogens is 220 g/mol. The molecule has 1 aromatic heterocycles. The molecule has 2 heterocycles. The van der Waals surface area contributed by atoms with Crippen LogP contribution in [0.4, 0.5) is 0 Å². The van der Waals surface area contributed by atoms with Crippen LogP contribution >= 0.6 is 0 Å². The van der Waals surface area contributed by atoms with Gasteiger partial charge in [-0.25, -0.2) is 4.98 Å². The normalized spacial score (nSPS) is 18.4. The van der Waals surface area contributed by atoms with Crippen molar-refractivity contribution in [2.75, 3.05) is 13.1 Å². The molecule has 1 aromatic rings. The van der Waals surface area contributed by atoms with Gasteiger partial charge in [0.2, 0.25) is 0 Å². The van der Waals surface area contributed by atoms with Crippen molar-refractivity contribution in [2.24, 2.45) is 5.92 Å². The number of piperidine rings is 1. The van der Waals surface area contributed by atoms with Crippen molar-refractivity contribution >= 4 is 5.97 Å². The van der Waals surface area contributed by atoms with Gasteiger partial charge in [-0.15, -0.1) is 0 Å². The number of carboxylic acid groups (broad SMARTS) is 1. The Balaban J connectivity index is 1.79. The topological polar surface area (TPSA) is 66.6 Å². The minimum absolute atomic E-state index is 0.302. The highest BCUT2D eigenvalue weighted by Gasteiger charge is 2.22. The van der Waals surface area contributed by atoms with Crippen LogP contribution in [-0.2, 0) is 11.3 Å². The lowest BCUT2D eigenvalue weighted by Gasteiger charge is -2.30. The summed E-state index contributed by atoms with van der Waals surface area (Å²) in [6.07, 6.45) is 3.70. The number of aryl methyl sites for hydroxylation is 1. The summed E-state index contributed by atoms with van der Waals surface area (Å²) in [5.74, 6) is 0.524. The Kier molecular flexibility index (Phi) is 3.78. The molecule has 94 valence electrons. The number of likely N-dealkylation sites (tertiary alicyclic amines) is 1. The zero-order chi connectivity index (χ0) is 12.3. The molecule has 1 aliphatic heterocycles. The highest BCUT2D eigenvalue weighted by molar-refractivity contribution is 5.67. The second kappa shape index (κ2) is 5.31. The molecule has 17 heavy (non-hydrogen) atoms. The van der Waals surface area contributed by atoms with Gasteiger partial charge in [0.15, 0.2) is 6.39 Å². The maximum absolute atomic E-state index is 10.6. The molecule has 1 aliphatic rings. The van der Waals surface area contributed by atoms with Crippen LogP contribution in [0, 0.1) is 12.8 Å². The van der Waals surface area contributed by atoms with Crippen LogP contribution in [0.3, 0.4) is 0 Å². The molecule has 0 atom stereocenters. The molecule has 0 unspecified atom stereocenters. The third kappa shape index (κ3) is 3.30. The number of hydrogen-bond donors (Lipinski definition) is 1. The number of hydrogen-bond acceptors (Lipinski definition) is 4. The highest BCUT2D eigenvalue weighted by Crippen LogP contribution is 2.22. The Hall–Kier alpha value is -1.36. The fourth-order valence-electron chi connectivity index (χ4n) is 2.29. The van der Waals surface area contributed by atoms with Crippen LogP contribution in [0.25, 0.3) is 0 Å².